The van der Waals surface area contributed by atoms with Crippen LogP contribution in [-0.4, -0.2) is 15.0 Å². The second-order valence-electron chi connectivity index (χ2n) is 4.60. The third-order valence-corrected chi connectivity index (χ3v) is 4.77. The average molecular weight is 322 g/mol. The Morgan fingerprint density at radius 3 is 2.60 bits per heavy atom. The minimum atomic E-state index is 0.284. The highest BCUT2D eigenvalue weighted by atomic mass is 35.5. The molecule has 0 unspecified atom stereocenters. The van der Waals surface area contributed by atoms with Gasteiger partial charge >= 0.3 is 0 Å². The lowest BCUT2D eigenvalue weighted by atomic mass is 10.3. The van der Waals surface area contributed by atoms with Crippen LogP contribution in [0.2, 0.25) is 5.28 Å². The molecule has 3 nitrogen and oxygen atoms in total. The number of thiophene rings is 1. The first kappa shape index (κ1) is 13.8. The maximum absolute atomic E-state index is 6.01. The molecular weight excluding hydrogens is 310 g/mol. The Morgan fingerprint density at radius 2 is 1.85 bits per heavy atom. The summed E-state index contributed by atoms with van der Waals surface area (Å²) in [6, 6.07) is 6.21. The smallest absolute Gasteiger partial charge is 0.224 e. The number of rotatable bonds is 2. The van der Waals surface area contributed by atoms with Crippen molar-refractivity contribution in [2.24, 2.45) is 0 Å². The molecular formula is C14H12ClN3S2. The highest BCUT2D eigenvalue weighted by molar-refractivity contribution is 7.99. The molecule has 6 heteroatoms. The Kier molecular flexibility index (Phi) is 3.67. The van der Waals surface area contributed by atoms with Crippen LogP contribution in [0, 0.1) is 20.8 Å². The van der Waals surface area contributed by atoms with Crippen LogP contribution in [0.1, 0.15) is 16.1 Å². The fourth-order valence-electron chi connectivity index (χ4n) is 2.02. The number of hydrogen-bond donors (Lipinski definition) is 0. The average Bonchev–Trinajstić information content (AvgIpc) is 2.68. The molecule has 3 aromatic rings. The lowest BCUT2D eigenvalue weighted by Gasteiger charge is -2.04. The van der Waals surface area contributed by atoms with E-state index in [0.717, 1.165) is 26.0 Å². The first-order valence-corrected chi connectivity index (χ1v) is 8.09. The molecule has 0 amide bonds. The van der Waals surface area contributed by atoms with Crippen molar-refractivity contribution in [3.05, 3.63) is 39.6 Å². The topological polar surface area (TPSA) is 38.7 Å². The second-order valence-corrected chi connectivity index (χ2v) is 7.18. The molecule has 0 saturated heterocycles. The molecule has 3 heterocycles. The van der Waals surface area contributed by atoms with Crippen molar-refractivity contribution in [2.75, 3.05) is 0 Å². The second kappa shape index (κ2) is 5.31. The van der Waals surface area contributed by atoms with Gasteiger partial charge in [0.15, 0.2) is 0 Å². The summed E-state index contributed by atoms with van der Waals surface area (Å²) in [5, 5.41) is 3.12. The zero-order valence-corrected chi connectivity index (χ0v) is 13.7. The van der Waals surface area contributed by atoms with E-state index in [-0.39, 0.29) is 5.28 Å². The van der Waals surface area contributed by atoms with Crippen molar-refractivity contribution in [1.29, 1.82) is 0 Å². The van der Waals surface area contributed by atoms with E-state index in [2.05, 4.69) is 47.0 Å². The maximum Gasteiger partial charge on any atom is 0.224 e. The minimum absolute atomic E-state index is 0.284. The van der Waals surface area contributed by atoms with E-state index in [0.29, 0.717) is 0 Å². The third kappa shape index (κ3) is 2.80. The Hall–Kier alpha value is -1.17. The molecule has 0 aliphatic rings. The number of hydrogen-bond acceptors (Lipinski definition) is 5. The van der Waals surface area contributed by atoms with Gasteiger partial charge in [-0.15, -0.1) is 11.3 Å². The summed E-state index contributed by atoms with van der Waals surface area (Å²) in [5.41, 5.74) is 2.20. The normalized spacial score (nSPS) is 11.2. The van der Waals surface area contributed by atoms with Gasteiger partial charge < -0.3 is 0 Å². The molecule has 0 fully saturated rings. The molecule has 0 radical (unpaired) electrons. The number of aryl methyl sites for hydroxylation is 3. The number of halogens is 1. The zero-order valence-electron chi connectivity index (χ0n) is 11.3. The van der Waals surface area contributed by atoms with Gasteiger partial charge in [-0.05, 0) is 67.9 Å². The van der Waals surface area contributed by atoms with Gasteiger partial charge in [0, 0.05) is 16.0 Å². The molecule has 0 aliphatic heterocycles. The van der Waals surface area contributed by atoms with Gasteiger partial charge in [0.05, 0.1) is 0 Å². The molecule has 102 valence electrons. The molecule has 3 aromatic heterocycles. The van der Waals surface area contributed by atoms with Crippen molar-refractivity contribution < 1.29 is 0 Å². The van der Waals surface area contributed by atoms with Crippen LogP contribution in [0.5, 0.6) is 0 Å². The first-order chi connectivity index (χ1) is 9.51. The molecule has 0 saturated carbocycles. The van der Waals surface area contributed by atoms with E-state index in [4.69, 9.17) is 11.6 Å². The highest BCUT2D eigenvalue weighted by Gasteiger charge is 2.12. The molecule has 0 spiro atoms. The summed E-state index contributed by atoms with van der Waals surface area (Å²) >= 11 is 9.17. The molecule has 0 N–H and O–H groups in total. The van der Waals surface area contributed by atoms with E-state index < -0.39 is 0 Å². The van der Waals surface area contributed by atoms with Crippen LogP contribution in [0.25, 0.3) is 10.2 Å². The van der Waals surface area contributed by atoms with Gasteiger partial charge in [0.2, 0.25) is 5.28 Å². The van der Waals surface area contributed by atoms with Gasteiger partial charge in [-0.2, -0.15) is 0 Å². The summed E-state index contributed by atoms with van der Waals surface area (Å²) < 4.78 is 0. The van der Waals surface area contributed by atoms with E-state index in [9.17, 15) is 0 Å². The van der Waals surface area contributed by atoms with Crippen LogP contribution in [-0.2, 0) is 0 Å². The Morgan fingerprint density at radius 1 is 1.05 bits per heavy atom. The van der Waals surface area contributed by atoms with Crippen LogP contribution in [0.3, 0.4) is 0 Å². The van der Waals surface area contributed by atoms with Crippen LogP contribution >= 0.6 is 34.7 Å². The van der Waals surface area contributed by atoms with E-state index in [1.807, 2.05) is 6.92 Å². The summed E-state index contributed by atoms with van der Waals surface area (Å²) in [4.78, 5) is 15.3. The lowest BCUT2D eigenvalue weighted by molar-refractivity contribution is 1.03. The molecule has 0 bridgehead atoms. The summed E-state index contributed by atoms with van der Waals surface area (Å²) in [7, 11) is 0. The predicted octanol–water partition coefficient (Wildman–Crippen LogP) is 4.82. The van der Waals surface area contributed by atoms with Gasteiger partial charge in [0.1, 0.15) is 14.9 Å². The van der Waals surface area contributed by atoms with Crippen LogP contribution < -0.4 is 0 Å². The Balaban J connectivity index is 2.09. The van der Waals surface area contributed by atoms with Crippen molar-refractivity contribution in [3.8, 4) is 0 Å². The number of aromatic nitrogens is 3. The van der Waals surface area contributed by atoms with Crippen molar-refractivity contribution in [2.45, 2.75) is 30.8 Å². The number of pyridine rings is 1. The standard InChI is InChI=1S/C14H12ClN3S2/c1-7-4-8(2)16-11(5-7)20-13-10-6-9(3)19-12(10)17-14(15)18-13/h4-6H,1-3H3. The Bertz CT molecular complexity index is 778. The monoisotopic (exact) mass is 321 g/mol. The zero-order chi connectivity index (χ0) is 14.3. The highest BCUT2D eigenvalue weighted by Crippen LogP contribution is 2.35. The van der Waals surface area contributed by atoms with Crippen molar-refractivity contribution in [3.63, 3.8) is 0 Å². The van der Waals surface area contributed by atoms with Gasteiger partial charge in [-0.25, -0.2) is 15.0 Å². The van der Waals surface area contributed by atoms with Gasteiger partial charge in [0.25, 0.3) is 0 Å². The summed E-state index contributed by atoms with van der Waals surface area (Å²) in [5.74, 6) is 0. The summed E-state index contributed by atoms with van der Waals surface area (Å²) in [6.45, 7) is 6.12. The minimum Gasteiger partial charge on any atom is -0.246 e. The van der Waals surface area contributed by atoms with E-state index in [1.54, 1.807) is 11.3 Å². The fraction of sp³-hybridized carbons (Fsp3) is 0.214. The number of fused-ring (bicyclic) bond motifs is 1. The maximum atomic E-state index is 6.01. The quantitative estimate of drug-likeness (QED) is 0.501. The van der Waals surface area contributed by atoms with Gasteiger partial charge in [-0.1, -0.05) is 0 Å². The van der Waals surface area contributed by atoms with E-state index >= 15 is 0 Å². The number of nitrogens with zero attached hydrogens (tertiary/aromatic N) is 3. The lowest BCUT2D eigenvalue weighted by Crippen LogP contribution is -1.90. The SMILES string of the molecule is Cc1cc(C)nc(Sc2nc(Cl)nc3sc(C)cc23)c1. The Labute approximate surface area is 130 Å². The van der Waals surface area contributed by atoms with Crippen molar-refractivity contribution >= 4 is 44.9 Å². The largest absolute Gasteiger partial charge is 0.246 e. The fourth-order valence-corrected chi connectivity index (χ4v) is 4.27. The molecule has 0 atom stereocenters. The molecule has 20 heavy (non-hydrogen) atoms. The van der Waals surface area contributed by atoms with Crippen LogP contribution in [0.4, 0.5) is 0 Å². The predicted molar refractivity (Wildman–Crippen MR) is 85.0 cm³/mol. The molecule has 0 aromatic carbocycles. The third-order valence-electron chi connectivity index (χ3n) is 2.73. The summed E-state index contributed by atoms with van der Waals surface area (Å²) in [6.07, 6.45) is 0. The van der Waals surface area contributed by atoms with Gasteiger partial charge in [-0.3, -0.25) is 0 Å². The van der Waals surface area contributed by atoms with Crippen LogP contribution in [0.15, 0.2) is 28.3 Å². The first-order valence-electron chi connectivity index (χ1n) is 6.08. The molecule has 3 rings (SSSR count). The molecule has 0 aliphatic carbocycles. The van der Waals surface area contributed by atoms with E-state index in [1.165, 1.54) is 22.2 Å². The van der Waals surface area contributed by atoms with Crippen molar-refractivity contribution in [1.82, 2.24) is 15.0 Å².